The summed E-state index contributed by atoms with van der Waals surface area (Å²) in [6.45, 7) is 4.24. The largest absolute Gasteiger partial charge is 0.346 e. The Morgan fingerprint density at radius 1 is 1.43 bits per heavy atom. The summed E-state index contributed by atoms with van der Waals surface area (Å²) < 4.78 is 1.03. The van der Waals surface area contributed by atoms with Crippen LogP contribution in [0.1, 0.15) is 18.7 Å². The average Bonchev–Trinajstić information content (AvgIpc) is 2.79. The van der Waals surface area contributed by atoms with Gasteiger partial charge in [-0.3, -0.25) is 9.59 Å². The van der Waals surface area contributed by atoms with Crippen LogP contribution in [0, 0.1) is 5.92 Å². The number of carbonyl (C=O) groups excluding carboxylic acids is 2. The van der Waals surface area contributed by atoms with Crippen LogP contribution in [-0.4, -0.2) is 36.3 Å². The fourth-order valence-corrected chi connectivity index (χ4v) is 3.01. The first-order valence-electron chi connectivity index (χ1n) is 6.32. The molecule has 3 N–H and O–H groups in total. The minimum absolute atomic E-state index is 0. The van der Waals surface area contributed by atoms with Crippen molar-refractivity contribution in [2.75, 3.05) is 13.6 Å². The first-order chi connectivity index (χ1) is 9.31. The molecule has 0 aliphatic rings. The van der Waals surface area contributed by atoms with Crippen LogP contribution in [0.4, 0.5) is 0 Å². The van der Waals surface area contributed by atoms with Crippen LogP contribution in [0.15, 0.2) is 15.9 Å². The molecular formula is C13H21BrClN3O2S. The zero-order valence-corrected chi connectivity index (χ0v) is 15.5. The highest BCUT2D eigenvalue weighted by Gasteiger charge is 2.18. The van der Waals surface area contributed by atoms with Gasteiger partial charge in [0.2, 0.25) is 11.8 Å². The number of nitrogens with one attached hydrogen (secondary N) is 1. The van der Waals surface area contributed by atoms with Crippen LogP contribution in [0.3, 0.4) is 0 Å². The van der Waals surface area contributed by atoms with Gasteiger partial charge in [-0.2, -0.15) is 0 Å². The Morgan fingerprint density at radius 3 is 2.52 bits per heavy atom. The van der Waals surface area contributed by atoms with E-state index in [0.717, 1.165) is 8.66 Å². The van der Waals surface area contributed by atoms with Gasteiger partial charge in [0.15, 0.2) is 0 Å². The zero-order valence-electron chi connectivity index (χ0n) is 12.3. The van der Waals surface area contributed by atoms with Crippen molar-refractivity contribution in [2.24, 2.45) is 11.7 Å². The number of amides is 2. The van der Waals surface area contributed by atoms with Gasteiger partial charge in [-0.15, -0.1) is 23.7 Å². The van der Waals surface area contributed by atoms with Crippen LogP contribution in [0.2, 0.25) is 0 Å². The predicted molar refractivity (Wildman–Crippen MR) is 91.6 cm³/mol. The number of hydrogen-bond acceptors (Lipinski definition) is 4. The smallest absolute Gasteiger partial charge is 0.242 e. The second-order valence-electron chi connectivity index (χ2n) is 4.94. The molecule has 1 atom stereocenters. The number of hydrogen-bond donors (Lipinski definition) is 2. The molecule has 5 nitrogen and oxygen atoms in total. The van der Waals surface area contributed by atoms with Crippen molar-refractivity contribution in [1.29, 1.82) is 0 Å². The topological polar surface area (TPSA) is 75.4 Å². The Kier molecular flexibility index (Phi) is 9.12. The van der Waals surface area contributed by atoms with Gasteiger partial charge < -0.3 is 16.0 Å². The Bertz CT molecular complexity index is 482. The average molecular weight is 399 g/mol. The lowest BCUT2D eigenvalue weighted by Crippen LogP contribution is -2.47. The molecule has 0 saturated carbocycles. The summed E-state index contributed by atoms with van der Waals surface area (Å²) in [5.74, 6) is -0.384. The molecule has 0 aliphatic heterocycles. The second-order valence-corrected chi connectivity index (χ2v) is 7.49. The third-order valence-corrected chi connectivity index (χ3v) is 4.49. The van der Waals surface area contributed by atoms with Crippen LogP contribution in [0.5, 0.6) is 0 Å². The van der Waals surface area contributed by atoms with E-state index in [9.17, 15) is 9.59 Å². The number of thiophene rings is 1. The molecule has 0 bridgehead atoms. The molecule has 120 valence electrons. The minimum atomic E-state index is -0.582. The lowest BCUT2D eigenvalue weighted by Gasteiger charge is -2.19. The molecule has 0 aromatic carbocycles. The molecule has 0 aliphatic carbocycles. The van der Waals surface area contributed by atoms with E-state index in [-0.39, 0.29) is 36.7 Å². The Hall–Kier alpha value is -0.630. The van der Waals surface area contributed by atoms with Crippen molar-refractivity contribution in [3.63, 3.8) is 0 Å². The highest BCUT2D eigenvalue weighted by Crippen LogP contribution is 2.22. The van der Waals surface area contributed by atoms with Crippen LogP contribution in [0.25, 0.3) is 0 Å². The van der Waals surface area contributed by atoms with Crippen LogP contribution < -0.4 is 11.1 Å². The molecule has 0 unspecified atom stereocenters. The van der Waals surface area contributed by atoms with Crippen molar-refractivity contribution in [3.8, 4) is 0 Å². The van der Waals surface area contributed by atoms with Crippen LogP contribution >= 0.6 is 39.7 Å². The van der Waals surface area contributed by atoms with E-state index in [4.69, 9.17) is 5.73 Å². The van der Waals surface area contributed by atoms with Crippen molar-refractivity contribution in [2.45, 2.75) is 26.4 Å². The van der Waals surface area contributed by atoms with Gasteiger partial charge in [-0.25, -0.2) is 0 Å². The number of likely N-dealkylation sites (N-methyl/N-ethyl adjacent to an activating group) is 1. The van der Waals surface area contributed by atoms with Gasteiger partial charge in [0.25, 0.3) is 0 Å². The van der Waals surface area contributed by atoms with E-state index >= 15 is 0 Å². The van der Waals surface area contributed by atoms with E-state index in [1.54, 1.807) is 23.3 Å². The summed E-state index contributed by atoms with van der Waals surface area (Å²) in [5.41, 5.74) is 5.71. The van der Waals surface area contributed by atoms with E-state index in [1.807, 2.05) is 26.0 Å². The number of nitrogens with zero attached hydrogens (tertiary/aromatic N) is 1. The number of halogens is 2. The maximum absolute atomic E-state index is 11.9. The van der Waals surface area contributed by atoms with Crippen molar-refractivity contribution in [3.05, 3.63) is 20.8 Å². The Balaban J connectivity index is 0.00000400. The monoisotopic (exact) mass is 397 g/mol. The molecule has 0 saturated heterocycles. The molecular weight excluding hydrogens is 378 g/mol. The lowest BCUT2D eigenvalue weighted by atomic mass is 10.1. The van der Waals surface area contributed by atoms with Gasteiger partial charge in [0.1, 0.15) is 0 Å². The molecule has 1 heterocycles. The molecule has 0 radical (unpaired) electrons. The molecule has 1 aromatic rings. The van der Waals surface area contributed by atoms with Gasteiger partial charge in [0, 0.05) is 11.9 Å². The molecule has 21 heavy (non-hydrogen) atoms. The summed E-state index contributed by atoms with van der Waals surface area (Å²) in [5, 5.41) is 2.57. The Morgan fingerprint density at radius 2 is 2.05 bits per heavy atom. The summed E-state index contributed by atoms with van der Waals surface area (Å²) in [4.78, 5) is 26.2. The molecule has 0 spiro atoms. The first-order valence-corrected chi connectivity index (χ1v) is 7.93. The van der Waals surface area contributed by atoms with Gasteiger partial charge >= 0.3 is 0 Å². The molecule has 0 fully saturated rings. The summed E-state index contributed by atoms with van der Waals surface area (Å²) >= 11 is 4.96. The molecule has 1 aromatic heterocycles. The van der Waals surface area contributed by atoms with Crippen molar-refractivity contribution < 1.29 is 9.59 Å². The first kappa shape index (κ1) is 20.4. The van der Waals surface area contributed by atoms with E-state index < -0.39 is 6.04 Å². The fraction of sp³-hybridized carbons (Fsp3) is 0.538. The van der Waals surface area contributed by atoms with Crippen LogP contribution in [-0.2, 0) is 16.1 Å². The lowest BCUT2D eigenvalue weighted by molar-refractivity contribution is -0.132. The normalized spacial score (nSPS) is 11.7. The SMILES string of the molecule is CC(C)[C@H](N)C(=O)NCC(=O)N(C)Cc1ccc(Br)s1.Cl. The van der Waals surface area contributed by atoms with Gasteiger partial charge in [-0.05, 0) is 34.0 Å². The zero-order chi connectivity index (χ0) is 15.3. The van der Waals surface area contributed by atoms with E-state index in [1.165, 1.54) is 0 Å². The quantitative estimate of drug-likeness (QED) is 0.769. The van der Waals surface area contributed by atoms with Crippen molar-refractivity contribution in [1.82, 2.24) is 10.2 Å². The van der Waals surface area contributed by atoms with E-state index in [2.05, 4.69) is 21.2 Å². The molecule has 1 rings (SSSR count). The highest BCUT2D eigenvalue weighted by atomic mass is 79.9. The minimum Gasteiger partial charge on any atom is -0.346 e. The van der Waals surface area contributed by atoms with E-state index in [0.29, 0.717) is 6.54 Å². The third-order valence-electron chi connectivity index (χ3n) is 2.88. The maximum Gasteiger partial charge on any atom is 0.242 e. The third kappa shape index (κ3) is 6.78. The summed E-state index contributed by atoms with van der Waals surface area (Å²) in [7, 11) is 1.71. The maximum atomic E-state index is 11.9. The molecule has 2 amide bonds. The summed E-state index contributed by atoms with van der Waals surface area (Å²) in [6, 6.07) is 3.33. The van der Waals surface area contributed by atoms with Gasteiger partial charge in [-0.1, -0.05) is 13.8 Å². The van der Waals surface area contributed by atoms with Crippen molar-refractivity contribution >= 4 is 51.5 Å². The second kappa shape index (κ2) is 9.40. The molecule has 8 heteroatoms. The van der Waals surface area contributed by atoms with Gasteiger partial charge in [0.05, 0.1) is 22.9 Å². The Labute approximate surface area is 143 Å². The number of carbonyl (C=O) groups is 2. The number of rotatable bonds is 6. The highest BCUT2D eigenvalue weighted by molar-refractivity contribution is 9.11. The summed E-state index contributed by atoms with van der Waals surface area (Å²) in [6.07, 6.45) is 0. The predicted octanol–water partition coefficient (Wildman–Crippen LogP) is 1.99. The number of nitrogens with two attached hydrogens (primary N) is 1. The standard InChI is InChI=1S/C13H20BrN3O2S.ClH/c1-8(2)12(15)13(19)16-6-11(18)17(3)7-9-4-5-10(14)20-9;/h4-5,8,12H,6-7,15H2,1-3H3,(H,16,19);1H/t12-;/m0./s1. The fourth-order valence-electron chi connectivity index (χ4n) is 1.48.